The first kappa shape index (κ1) is 43.7. The molecule has 0 aromatic heterocycles. The quantitative estimate of drug-likeness (QED) is 0.0493. The first-order valence-electron chi connectivity index (χ1n) is 17.9. The van der Waals surface area contributed by atoms with Gasteiger partial charge in [-0.05, 0) is 94.7 Å². The molecule has 6 N–H and O–H groups in total. The van der Waals surface area contributed by atoms with Crippen molar-refractivity contribution in [2.24, 2.45) is 20.5 Å². The Kier molecular flexibility index (Phi) is 11.7. The first-order valence-corrected chi connectivity index (χ1v) is 22.2. The fraction of sp³-hybridized carbons (Fsp3) is 0.0488. The van der Waals surface area contributed by atoms with E-state index in [0.29, 0.717) is 16.7 Å². The lowest BCUT2D eigenvalue weighted by Crippen LogP contribution is -2.11. The summed E-state index contributed by atoms with van der Waals surface area (Å²) < 4.78 is 115. The van der Waals surface area contributed by atoms with Gasteiger partial charge in [0.2, 0.25) is 0 Å². The molecule has 0 radical (unpaired) electrons. The summed E-state index contributed by atoms with van der Waals surface area (Å²) in [5.41, 5.74) is 0.308. The minimum atomic E-state index is -5.07. The number of carbonyl (C=O) groups excluding carboxylic acids is 1. The highest BCUT2D eigenvalue weighted by Crippen LogP contribution is 2.46. The van der Waals surface area contributed by atoms with E-state index < -0.39 is 79.2 Å². The van der Waals surface area contributed by atoms with Crippen molar-refractivity contribution in [3.05, 3.63) is 121 Å². The van der Waals surface area contributed by atoms with Gasteiger partial charge in [0.05, 0.1) is 14.2 Å². The molecule has 0 saturated heterocycles. The molecule has 0 saturated carbocycles. The van der Waals surface area contributed by atoms with Crippen molar-refractivity contribution < 1.29 is 63.4 Å². The Hall–Kier alpha value is -7.34. The van der Waals surface area contributed by atoms with Crippen LogP contribution in [-0.2, 0) is 30.4 Å². The summed E-state index contributed by atoms with van der Waals surface area (Å²) in [6.45, 7) is 0. The number of hydrogen-bond donors (Lipinski definition) is 6. The Morgan fingerprint density at radius 3 is 1.59 bits per heavy atom. The molecule has 0 aliphatic heterocycles. The highest BCUT2D eigenvalue weighted by molar-refractivity contribution is 7.86. The van der Waals surface area contributed by atoms with Crippen molar-refractivity contribution in [2.75, 3.05) is 19.5 Å². The third-order valence-corrected chi connectivity index (χ3v) is 12.1. The topological polar surface area (TPSA) is 301 Å². The summed E-state index contributed by atoms with van der Waals surface area (Å²) in [4.78, 5) is 10.3. The lowest BCUT2D eigenvalue weighted by molar-refractivity contribution is 0.102. The van der Waals surface area contributed by atoms with Crippen LogP contribution in [-0.4, -0.2) is 69.3 Å². The maximum atomic E-state index is 12.7. The number of carbonyl (C=O) groups is 1. The van der Waals surface area contributed by atoms with E-state index in [1.54, 1.807) is 42.5 Å². The molecule has 0 spiro atoms. The van der Waals surface area contributed by atoms with E-state index in [0.717, 1.165) is 18.2 Å². The van der Waals surface area contributed by atoms with Crippen LogP contribution in [0.25, 0.3) is 32.7 Å². The number of aromatic hydroxyl groups is 2. The molecule has 7 aromatic rings. The monoisotopic (exact) mass is 913 g/mol. The fourth-order valence-electron chi connectivity index (χ4n) is 6.48. The number of benzene rings is 7. The second kappa shape index (κ2) is 16.8. The summed E-state index contributed by atoms with van der Waals surface area (Å²) in [5.74, 6) is -1.87. The van der Waals surface area contributed by atoms with Gasteiger partial charge in [-0.1, -0.05) is 42.5 Å². The zero-order chi connectivity index (χ0) is 45.4. The zero-order valence-corrected chi connectivity index (χ0v) is 34.8. The van der Waals surface area contributed by atoms with Gasteiger partial charge < -0.3 is 25.0 Å². The number of ether oxygens (including phenoxy) is 2. The van der Waals surface area contributed by atoms with E-state index in [1.165, 1.54) is 68.8 Å². The number of rotatable bonds is 12. The molecule has 63 heavy (non-hydrogen) atoms. The van der Waals surface area contributed by atoms with E-state index in [4.69, 9.17) is 9.47 Å². The molecule has 0 aliphatic rings. The van der Waals surface area contributed by atoms with Crippen LogP contribution in [0.2, 0.25) is 0 Å². The predicted molar refractivity (Wildman–Crippen MR) is 228 cm³/mol. The molecule has 322 valence electrons. The molecule has 7 aromatic carbocycles. The average molecular weight is 914 g/mol. The van der Waals surface area contributed by atoms with Crippen LogP contribution in [0.1, 0.15) is 10.4 Å². The summed E-state index contributed by atoms with van der Waals surface area (Å²) in [6.07, 6.45) is 0. The first-order chi connectivity index (χ1) is 29.8. The molecule has 1 amide bonds. The molecule has 0 fully saturated rings. The SMILES string of the molecule is COc1cc(-c2ccc(N=Nc3c(S(=O)(=O)O)cc4cccc(S(=O)(=O)O)c4c3O)c(OC)c2)ccc1N=Nc1c(S(=O)(=O)O)cc2cc(NC(=O)c3ccccc3)ccc2c1O. The van der Waals surface area contributed by atoms with Gasteiger partial charge in [-0.15, -0.1) is 20.5 Å². The van der Waals surface area contributed by atoms with Gasteiger partial charge in [0, 0.05) is 22.0 Å². The molecule has 0 atom stereocenters. The van der Waals surface area contributed by atoms with Crippen LogP contribution in [0.5, 0.6) is 23.0 Å². The summed E-state index contributed by atoms with van der Waals surface area (Å²) >= 11 is 0. The van der Waals surface area contributed by atoms with E-state index in [2.05, 4.69) is 25.8 Å². The van der Waals surface area contributed by atoms with Gasteiger partial charge in [0.15, 0.2) is 11.5 Å². The number of nitrogens with one attached hydrogen (secondary N) is 1. The number of phenols is 2. The second-order valence-corrected chi connectivity index (χ2v) is 17.5. The minimum absolute atomic E-state index is 0.0134. The van der Waals surface area contributed by atoms with Crippen LogP contribution < -0.4 is 14.8 Å². The van der Waals surface area contributed by atoms with E-state index in [1.807, 2.05) is 0 Å². The highest BCUT2D eigenvalue weighted by Gasteiger charge is 2.27. The molecule has 19 nitrogen and oxygen atoms in total. The lowest BCUT2D eigenvalue weighted by atomic mass is 10.0. The normalized spacial score (nSPS) is 12.3. The van der Waals surface area contributed by atoms with Gasteiger partial charge in [0.25, 0.3) is 36.3 Å². The average Bonchev–Trinajstić information content (AvgIpc) is 3.24. The van der Waals surface area contributed by atoms with E-state index in [9.17, 15) is 53.9 Å². The molecule has 7 rings (SSSR count). The van der Waals surface area contributed by atoms with Crippen LogP contribution in [0.15, 0.2) is 150 Å². The standard InChI is InChI=1S/C41H31N5O14S3/c1-59-31-18-23(24-12-16-30(32(19-24)60-2)44-46-38-34(62(53,54)55)20-25-9-6-10-33(61(50,51)52)36(25)40(38)48)11-15-29(31)43-45-37-35(63(56,57)58)21-26-17-27(13-14-28(26)39(37)47)42-41(49)22-7-4-3-5-8-22/h3-21,47-48H,1-2H3,(H,42,49)(H,50,51,52)(H,53,54,55)(H,56,57,58). The molecule has 22 heteroatoms. The Morgan fingerprint density at radius 2 is 1.06 bits per heavy atom. The lowest BCUT2D eigenvalue weighted by Gasteiger charge is -2.12. The number of methoxy groups -OCH3 is 2. The fourth-order valence-corrected chi connectivity index (χ4v) is 8.52. The molecule has 0 unspecified atom stereocenters. The number of phenolic OH excluding ortho intramolecular Hbond substituents is 2. The van der Waals surface area contributed by atoms with E-state index >= 15 is 0 Å². The number of anilines is 1. The summed E-state index contributed by atoms with van der Waals surface area (Å²) in [6, 6.07) is 27.1. The zero-order valence-electron chi connectivity index (χ0n) is 32.4. The van der Waals surface area contributed by atoms with Gasteiger partial charge in [-0.2, -0.15) is 25.3 Å². The van der Waals surface area contributed by atoms with Gasteiger partial charge in [-0.3, -0.25) is 18.5 Å². The smallest absolute Gasteiger partial charge is 0.296 e. The van der Waals surface area contributed by atoms with Crippen molar-refractivity contribution in [3.63, 3.8) is 0 Å². The third-order valence-electron chi connectivity index (χ3n) is 9.43. The summed E-state index contributed by atoms with van der Waals surface area (Å²) in [7, 11) is -12.3. The van der Waals surface area contributed by atoms with Gasteiger partial charge in [-0.25, -0.2) is 0 Å². The Bertz CT molecular complexity index is 3420. The Labute approximate surface area is 357 Å². The molecule has 0 aliphatic carbocycles. The van der Waals surface area contributed by atoms with Crippen molar-refractivity contribution in [1.82, 2.24) is 0 Å². The Balaban J connectivity index is 1.20. The number of nitrogens with zero attached hydrogens (tertiary/aromatic N) is 4. The maximum absolute atomic E-state index is 12.7. The number of amides is 1. The van der Waals surface area contributed by atoms with Crippen LogP contribution in [0, 0.1) is 0 Å². The van der Waals surface area contributed by atoms with Crippen LogP contribution in [0.4, 0.5) is 28.4 Å². The maximum Gasteiger partial charge on any atom is 0.296 e. The minimum Gasteiger partial charge on any atom is -0.505 e. The van der Waals surface area contributed by atoms with Gasteiger partial charge in [0.1, 0.15) is 48.9 Å². The largest absolute Gasteiger partial charge is 0.505 e. The third kappa shape index (κ3) is 9.02. The van der Waals surface area contributed by atoms with Crippen molar-refractivity contribution in [2.45, 2.75) is 14.7 Å². The van der Waals surface area contributed by atoms with Crippen molar-refractivity contribution in [3.8, 4) is 34.1 Å². The number of fused-ring (bicyclic) bond motifs is 2. The van der Waals surface area contributed by atoms with E-state index in [-0.39, 0.29) is 44.7 Å². The molecular formula is C41H31N5O14S3. The molecule has 0 heterocycles. The molecule has 0 bridgehead atoms. The second-order valence-electron chi connectivity index (χ2n) is 13.4. The number of azo groups is 2. The van der Waals surface area contributed by atoms with Gasteiger partial charge >= 0.3 is 0 Å². The highest BCUT2D eigenvalue weighted by atomic mass is 32.2. The summed E-state index contributed by atoms with van der Waals surface area (Å²) in [5, 5.41) is 40.5. The predicted octanol–water partition coefficient (Wildman–Crippen LogP) is 8.91. The van der Waals surface area contributed by atoms with Crippen LogP contribution in [0.3, 0.4) is 0 Å². The Morgan fingerprint density at radius 1 is 0.540 bits per heavy atom. The van der Waals surface area contributed by atoms with Crippen LogP contribution >= 0.6 is 0 Å². The molecular weight excluding hydrogens is 883 g/mol. The van der Waals surface area contributed by atoms with Crippen molar-refractivity contribution >= 4 is 86.2 Å². The van der Waals surface area contributed by atoms with Crippen molar-refractivity contribution in [1.29, 1.82) is 0 Å². The number of hydrogen-bond acceptors (Lipinski definition) is 15.